The van der Waals surface area contributed by atoms with Crippen LogP contribution in [0.2, 0.25) is 0 Å². The maximum absolute atomic E-state index is 14.8. The van der Waals surface area contributed by atoms with Crippen LogP contribution < -0.4 is 0 Å². The average Bonchev–Trinajstić information content (AvgIpc) is 2.80. The van der Waals surface area contributed by atoms with E-state index in [1.165, 1.54) is 13.8 Å². The van der Waals surface area contributed by atoms with Crippen molar-refractivity contribution in [3.8, 4) is 0 Å². The minimum atomic E-state index is -1.31. The zero-order chi connectivity index (χ0) is 25.2. The molecule has 0 amide bonds. The molecule has 0 rings (SSSR count). The van der Waals surface area contributed by atoms with Gasteiger partial charge in [-0.15, -0.1) is 0 Å². The Kier molecular flexibility index (Phi) is 13.8. The van der Waals surface area contributed by atoms with Gasteiger partial charge in [0.25, 0.3) is 0 Å². The van der Waals surface area contributed by atoms with E-state index in [-0.39, 0.29) is 41.3 Å². The van der Waals surface area contributed by atoms with Gasteiger partial charge in [-0.05, 0) is 62.2 Å². The van der Waals surface area contributed by atoms with Crippen LogP contribution in [0.15, 0.2) is 58.8 Å². The predicted octanol–water partition coefficient (Wildman–Crippen LogP) is 9.65. The van der Waals surface area contributed by atoms with Gasteiger partial charge in [0.05, 0.1) is 12.7 Å². The van der Waals surface area contributed by atoms with Crippen molar-refractivity contribution in [3.05, 3.63) is 58.8 Å². The largest absolute Gasteiger partial charge is 0.378 e. The van der Waals surface area contributed by atoms with Crippen molar-refractivity contribution in [2.24, 2.45) is 17.8 Å². The van der Waals surface area contributed by atoms with Crippen molar-refractivity contribution in [2.45, 2.75) is 87.2 Å². The Hall–Kier alpha value is -1.62. The van der Waals surface area contributed by atoms with Crippen LogP contribution in [-0.2, 0) is 4.74 Å². The first kappa shape index (κ1) is 30.4. The molecule has 0 aliphatic rings. The first-order valence-electron chi connectivity index (χ1n) is 11.6. The SMILES string of the molecule is C=C(/C(C)=C(F)/C(F)=C(\C)C(C)COC(C)CC)/C(F)=C(/F)C(=C)C(C)CCC(C)CC. The lowest BCUT2D eigenvalue weighted by Crippen LogP contribution is -2.14. The number of hydrogen-bond donors (Lipinski definition) is 0. The summed E-state index contributed by atoms with van der Waals surface area (Å²) in [5, 5.41) is 0. The Morgan fingerprint density at radius 2 is 1.31 bits per heavy atom. The van der Waals surface area contributed by atoms with Crippen molar-refractivity contribution < 1.29 is 22.3 Å². The molecule has 0 fully saturated rings. The molecule has 32 heavy (non-hydrogen) atoms. The van der Waals surface area contributed by atoms with Gasteiger partial charge in [-0.2, -0.15) is 0 Å². The Bertz CT molecular complexity index is 745. The van der Waals surface area contributed by atoms with Crippen LogP contribution in [0.1, 0.15) is 81.1 Å². The molecule has 0 aromatic rings. The van der Waals surface area contributed by atoms with Gasteiger partial charge >= 0.3 is 0 Å². The third-order valence-corrected chi connectivity index (χ3v) is 6.39. The summed E-state index contributed by atoms with van der Waals surface area (Å²) in [5.74, 6) is -4.99. The summed E-state index contributed by atoms with van der Waals surface area (Å²) in [6.45, 7) is 21.6. The molecule has 0 saturated carbocycles. The summed E-state index contributed by atoms with van der Waals surface area (Å²) < 4.78 is 64.5. The van der Waals surface area contributed by atoms with Crippen molar-refractivity contribution >= 4 is 0 Å². The summed E-state index contributed by atoms with van der Waals surface area (Å²) in [4.78, 5) is 0. The third-order valence-electron chi connectivity index (χ3n) is 6.39. The molecule has 0 bridgehead atoms. The minimum absolute atomic E-state index is 0.00294. The van der Waals surface area contributed by atoms with Crippen LogP contribution in [-0.4, -0.2) is 12.7 Å². The van der Waals surface area contributed by atoms with Gasteiger partial charge in [0, 0.05) is 11.5 Å². The Balaban J connectivity index is 5.59. The van der Waals surface area contributed by atoms with E-state index in [1.54, 1.807) is 13.8 Å². The first-order valence-corrected chi connectivity index (χ1v) is 11.6. The van der Waals surface area contributed by atoms with E-state index in [1.807, 2.05) is 13.8 Å². The van der Waals surface area contributed by atoms with E-state index in [9.17, 15) is 17.6 Å². The van der Waals surface area contributed by atoms with Gasteiger partial charge in [0.15, 0.2) is 23.3 Å². The van der Waals surface area contributed by atoms with Gasteiger partial charge in [-0.25, -0.2) is 17.6 Å². The topological polar surface area (TPSA) is 9.23 Å². The van der Waals surface area contributed by atoms with E-state index in [4.69, 9.17) is 4.74 Å². The maximum atomic E-state index is 14.8. The lowest BCUT2D eigenvalue weighted by Gasteiger charge is -2.18. The Morgan fingerprint density at radius 1 is 0.750 bits per heavy atom. The molecule has 4 atom stereocenters. The molecule has 0 aromatic heterocycles. The van der Waals surface area contributed by atoms with E-state index < -0.39 is 28.9 Å². The van der Waals surface area contributed by atoms with Crippen LogP contribution in [0.4, 0.5) is 17.6 Å². The van der Waals surface area contributed by atoms with Gasteiger partial charge in [0.1, 0.15) is 0 Å². The highest BCUT2D eigenvalue weighted by Crippen LogP contribution is 2.35. The smallest absolute Gasteiger partial charge is 0.166 e. The van der Waals surface area contributed by atoms with Crippen molar-refractivity contribution in [1.82, 2.24) is 0 Å². The molecule has 4 unspecified atom stereocenters. The molecule has 0 N–H and O–H groups in total. The van der Waals surface area contributed by atoms with E-state index >= 15 is 0 Å². The Morgan fingerprint density at radius 3 is 1.81 bits per heavy atom. The lowest BCUT2D eigenvalue weighted by molar-refractivity contribution is 0.0482. The fourth-order valence-corrected chi connectivity index (χ4v) is 2.81. The average molecular weight is 459 g/mol. The molecule has 0 heterocycles. The molecule has 0 radical (unpaired) electrons. The summed E-state index contributed by atoms with van der Waals surface area (Å²) in [6, 6.07) is 0. The fourth-order valence-electron chi connectivity index (χ4n) is 2.81. The second-order valence-corrected chi connectivity index (χ2v) is 9.01. The van der Waals surface area contributed by atoms with Crippen molar-refractivity contribution in [3.63, 3.8) is 0 Å². The van der Waals surface area contributed by atoms with Gasteiger partial charge in [0.2, 0.25) is 0 Å². The number of hydrogen-bond acceptors (Lipinski definition) is 1. The van der Waals surface area contributed by atoms with E-state index in [0.29, 0.717) is 12.3 Å². The lowest BCUT2D eigenvalue weighted by atomic mass is 9.90. The molecular formula is C27H42F4O. The monoisotopic (exact) mass is 458 g/mol. The van der Waals surface area contributed by atoms with Crippen molar-refractivity contribution in [2.75, 3.05) is 6.61 Å². The zero-order valence-corrected chi connectivity index (χ0v) is 21.2. The van der Waals surface area contributed by atoms with Gasteiger partial charge in [-0.1, -0.05) is 60.6 Å². The van der Waals surface area contributed by atoms with Crippen LogP contribution in [0.25, 0.3) is 0 Å². The second kappa shape index (κ2) is 14.5. The number of allylic oxidation sites excluding steroid dienone is 7. The van der Waals surface area contributed by atoms with Gasteiger partial charge in [-0.3, -0.25) is 0 Å². The number of ether oxygens (including phenoxy) is 1. The molecule has 0 aromatic carbocycles. The van der Waals surface area contributed by atoms with Crippen molar-refractivity contribution in [1.29, 1.82) is 0 Å². The van der Waals surface area contributed by atoms with E-state index in [0.717, 1.165) is 19.3 Å². The zero-order valence-electron chi connectivity index (χ0n) is 21.2. The molecule has 1 nitrogen and oxygen atoms in total. The molecule has 184 valence electrons. The molecule has 0 aliphatic carbocycles. The highest BCUT2D eigenvalue weighted by molar-refractivity contribution is 5.49. The Labute approximate surface area is 193 Å². The molecule has 0 saturated heterocycles. The first-order chi connectivity index (χ1) is 14.8. The highest BCUT2D eigenvalue weighted by atomic mass is 19.2. The van der Waals surface area contributed by atoms with Crippen LogP contribution in [0.3, 0.4) is 0 Å². The molecule has 5 heteroatoms. The van der Waals surface area contributed by atoms with Crippen LogP contribution >= 0.6 is 0 Å². The summed E-state index contributed by atoms with van der Waals surface area (Å²) >= 11 is 0. The number of rotatable bonds is 14. The fraction of sp³-hybridized carbons (Fsp3) is 0.630. The van der Waals surface area contributed by atoms with Crippen LogP contribution in [0, 0.1) is 17.8 Å². The van der Waals surface area contributed by atoms with Crippen LogP contribution in [0.5, 0.6) is 0 Å². The highest BCUT2D eigenvalue weighted by Gasteiger charge is 2.23. The van der Waals surface area contributed by atoms with E-state index in [2.05, 4.69) is 27.0 Å². The molecular weight excluding hydrogens is 416 g/mol. The second-order valence-electron chi connectivity index (χ2n) is 9.01. The predicted molar refractivity (Wildman–Crippen MR) is 128 cm³/mol. The minimum Gasteiger partial charge on any atom is -0.378 e. The quantitative estimate of drug-likeness (QED) is 0.186. The van der Waals surface area contributed by atoms with Gasteiger partial charge < -0.3 is 4.74 Å². The maximum Gasteiger partial charge on any atom is 0.166 e. The standard InChI is InChI=1S/C27H42F4O/c1-11-16(3)13-14-17(4)20(7)24(28)26(30)22(9)23(10)27(31)25(29)21(8)18(5)15-32-19(6)12-2/h16-19H,7,9,11-15H2,1-6,8,10H3/b25-21-,26-24-,27-23-. The number of halogens is 4. The third kappa shape index (κ3) is 9.09. The summed E-state index contributed by atoms with van der Waals surface area (Å²) in [7, 11) is 0. The normalized spacial score (nSPS) is 18.1. The molecule has 0 spiro atoms. The summed E-state index contributed by atoms with van der Waals surface area (Å²) in [5.41, 5.74) is -0.764. The summed E-state index contributed by atoms with van der Waals surface area (Å²) in [6.07, 6.45) is 3.36. The molecule has 0 aliphatic heterocycles.